The quantitative estimate of drug-likeness (QED) is 0.370. The maximum Gasteiger partial charge on any atom is 0.404 e. The molecule has 0 aliphatic carbocycles. The minimum atomic E-state index is 0.827. The van der Waals surface area contributed by atoms with Crippen molar-refractivity contribution in [3.8, 4) is 0 Å². The maximum atomic E-state index is 5.50. The average molecular weight is 343 g/mol. The first kappa shape index (κ1) is 13.4. The number of fused-ring (bicyclic) bond motifs is 2. The van der Waals surface area contributed by atoms with E-state index in [1.165, 1.54) is 9.40 Å². The number of hydrogen-bond donors (Lipinski definition) is 0. The summed E-state index contributed by atoms with van der Waals surface area (Å²) in [5.41, 5.74) is 2.23. The molecule has 0 atom stereocenters. The van der Waals surface area contributed by atoms with Gasteiger partial charge in [-0.15, -0.1) is 22.7 Å². The Morgan fingerprint density at radius 1 is 0.714 bits per heavy atom. The third-order valence-electron chi connectivity index (χ3n) is 3.27. The minimum Gasteiger partial charge on any atom is -0.350 e. The molecule has 1 radical (unpaired) electrons. The van der Waals surface area contributed by atoms with Gasteiger partial charge >= 0.3 is 7.55 Å². The van der Waals surface area contributed by atoms with Gasteiger partial charge in [-0.2, -0.15) is 0 Å². The highest BCUT2D eigenvalue weighted by molar-refractivity contribution is 7.74. The van der Waals surface area contributed by atoms with Crippen LogP contribution in [0.3, 0.4) is 0 Å². The van der Waals surface area contributed by atoms with E-state index in [0.717, 1.165) is 18.9 Å². The summed E-state index contributed by atoms with van der Waals surface area (Å²) in [5, 5.41) is 0. The third-order valence-corrected chi connectivity index (χ3v) is 6.03. The normalized spacial score (nSPS) is 11.2. The van der Waals surface area contributed by atoms with Gasteiger partial charge in [-0.05, 0) is 48.7 Å². The molecule has 0 aliphatic rings. The van der Waals surface area contributed by atoms with E-state index in [1.807, 2.05) is 40.8 Å². The summed E-state index contributed by atoms with van der Waals surface area (Å²) in [5.74, 6) is 0. The van der Waals surface area contributed by atoms with Gasteiger partial charge in [-0.1, -0.05) is 24.3 Å². The monoisotopic (exact) mass is 343 g/mol. The minimum absolute atomic E-state index is 0.827. The Labute approximate surface area is 140 Å². The van der Waals surface area contributed by atoms with Gasteiger partial charge in [0.05, 0.1) is 9.40 Å². The molecule has 0 bridgehead atoms. The molecule has 21 heavy (non-hydrogen) atoms. The molecule has 101 valence electrons. The van der Waals surface area contributed by atoms with Gasteiger partial charge in [0.15, 0.2) is 7.91 Å². The molecule has 0 N–H and O–H groups in total. The number of thiazole rings is 2. The molecule has 4 rings (SSSR count). The van der Waals surface area contributed by atoms with Crippen molar-refractivity contribution in [2.24, 2.45) is 0 Å². The fraction of sp³-hybridized carbons (Fsp3) is 0. The maximum absolute atomic E-state index is 5.50. The molecule has 2 nitrogen and oxygen atoms in total. The Bertz CT molecular complexity index is 984. The van der Waals surface area contributed by atoms with Crippen LogP contribution in [0.15, 0.2) is 48.5 Å². The lowest BCUT2D eigenvalue weighted by molar-refractivity contribution is 1.16. The Morgan fingerprint density at radius 3 is 1.62 bits per heavy atom. The van der Waals surface area contributed by atoms with Gasteiger partial charge in [0.25, 0.3) is 0 Å². The van der Waals surface area contributed by atoms with Crippen LogP contribution in [0.2, 0.25) is 0 Å². The second-order valence-electron chi connectivity index (χ2n) is 4.53. The van der Waals surface area contributed by atoms with E-state index in [1.54, 1.807) is 22.7 Å². The lowest BCUT2D eigenvalue weighted by atomic mass is 10.1. The third kappa shape index (κ3) is 2.21. The zero-order chi connectivity index (χ0) is 14.4. The van der Waals surface area contributed by atoms with Gasteiger partial charge in [0.1, 0.15) is 0 Å². The smallest absolute Gasteiger partial charge is 0.350 e. The van der Waals surface area contributed by atoms with Gasteiger partial charge in [-0.25, -0.2) is 0 Å². The van der Waals surface area contributed by atoms with E-state index in [2.05, 4.69) is 24.3 Å². The molecule has 2 aromatic heterocycles. The predicted octanol–water partition coefficient (Wildman–Crippen LogP) is 5.11. The Hall–Kier alpha value is -1.28. The summed E-state index contributed by atoms with van der Waals surface area (Å²) in [6.07, 6.45) is 0. The number of para-hydroxylation sites is 2. The summed E-state index contributed by atoms with van der Waals surface area (Å²) in [4.78, 5) is 0. The Morgan fingerprint density at radius 2 is 1.14 bits per heavy atom. The molecule has 2 heterocycles. The van der Waals surface area contributed by atoms with Crippen molar-refractivity contribution < 1.29 is 0 Å². The first-order chi connectivity index (χ1) is 10.2. The lowest BCUT2D eigenvalue weighted by Gasteiger charge is -2.05. The van der Waals surface area contributed by atoms with Crippen molar-refractivity contribution in [3.05, 3.63) is 56.4 Å². The molecular weight excluding hydrogens is 335 g/mol. The molecule has 0 unspecified atom stereocenters. The molecule has 0 aliphatic heterocycles. The highest BCUT2D eigenvalue weighted by atomic mass is 32.2. The second-order valence-corrected chi connectivity index (χ2v) is 7.88. The molecule has 0 saturated heterocycles. The van der Waals surface area contributed by atoms with Crippen LogP contribution in [-0.4, -0.2) is 16.5 Å². The SMILES string of the molecule is S=c1sc2ccccc2n1[B]n1c(=S)sc2ccccc21. The number of hydrogen-bond acceptors (Lipinski definition) is 4. The van der Waals surface area contributed by atoms with Crippen LogP contribution in [0.25, 0.3) is 20.4 Å². The highest BCUT2D eigenvalue weighted by Crippen LogP contribution is 2.25. The molecule has 0 saturated carbocycles. The molecule has 4 aromatic rings. The van der Waals surface area contributed by atoms with Crippen LogP contribution in [-0.2, 0) is 0 Å². The molecule has 0 amide bonds. The summed E-state index contributed by atoms with van der Waals surface area (Å²) in [7, 11) is 2.00. The van der Waals surface area contributed by atoms with Crippen molar-refractivity contribution in [2.75, 3.05) is 0 Å². The van der Waals surface area contributed by atoms with Crippen molar-refractivity contribution in [3.63, 3.8) is 0 Å². The van der Waals surface area contributed by atoms with Gasteiger partial charge in [-0.3, -0.25) is 0 Å². The largest absolute Gasteiger partial charge is 0.404 e. The molecule has 2 aromatic carbocycles. The first-order valence-electron chi connectivity index (χ1n) is 6.29. The molecular formula is C14H8BN2S4. The second kappa shape index (κ2) is 5.17. The van der Waals surface area contributed by atoms with Gasteiger partial charge < -0.3 is 8.96 Å². The van der Waals surface area contributed by atoms with Gasteiger partial charge in [0.2, 0.25) is 0 Å². The van der Waals surface area contributed by atoms with E-state index in [4.69, 9.17) is 24.4 Å². The molecule has 7 heteroatoms. The van der Waals surface area contributed by atoms with Crippen LogP contribution in [0.5, 0.6) is 0 Å². The van der Waals surface area contributed by atoms with Crippen LogP contribution in [0.4, 0.5) is 0 Å². The lowest BCUT2D eigenvalue weighted by Crippen LogP contribution is -2.16. The van der Waals surface area contributed by atoms with Crippen molar-refractivity contribution in [1.82, 2.24) is 8.96 Å². The van der Waals surface area contributed by atoms with Crippen molar-refractivity contribution >= 4 is 75.1 Å². The van der Waals surface area contributed by atoms with Crippen LogP contribution >= 0.6 is 47.1 Å². The number of benzene rings is 2. The van der Waals surface area contributed by atoms with E-state index < -0.39 is 0 Å². The van der Waals surface area contributed by atoms with Crippen molar-refractivity contribution in [1.29, 1.82) is 0 Å². The zero-order valence-corrected chi connectivity index (χ0v) is 14.0. The van der Waals surface area contributed by atoms with E-state index in [0.29, 0.717) is 0 Å². The molecule has 0 fully saturated rings. The number of aromatic nitrogens is 2. The van der Waals surface area contributed by atoms with E-state index >= 15 is 0 Å². The summed E-state index contributed by atoms with van der Waals surface area (Å²) < 4.78 is 8.09. The average Bonchev–Trinajstić information content (AvgIpc) is 2.97. The van der Waals surface area contributed by atoms with E-state index in [-0.39, 0.29) is 0 Å². The summed E-state index contributed by atoms with van der Waals surface area (Å²) >= 11 is 14.2. The van der Waals surface area contributed by atoms with Crippen LogP contribution in [0.1, 0.15) is 0 Å². The van der Waals surface area contributed by atoms with Crippen molar-refractivity contribution in [2.45, 2.75) is 0 Å². The zero-order valence-electron chi connectivity index (χ0n) is 10.7. The first-order valence-corrected chi connectivity index (χ1v) is 8.74. The standard InChI is InChI=1S/C14H8BN2S4/c18-13-16(9-5-1-3-7-11(9)20-13)15-17-10-6-2-4-8-12(10)21-14(17)19/h1-8H. The molecule has 0 spiro atoms. The summed E-state index contributed by atoms with van der Waals surface area (Å²) in [6, 6.07) is 16.5. The van der Waals surface area contributed by atoms with Gasteiger partial charge in [0, 0.05) is 11.0 Å². The van der Waals surface area contributed by atoms with Crippen LogP contribution in [0, 0.1) is 7.91 Å². The Kier molecular flexibility index (Phi) is 3.30. The topological polar surface area (TPSA) is 9.86 Å². The van der Waals surface area contributed by atoms with Crippen LogP contribution < -0.4 is 0 Å². The fourth-order valence-electron chi connectivity index (χ4n) is 2.30. The number of rotatable bonds is 2. The highest BCUT2D eigenvalue weighted by Gasteiger charge is 2.11. The number of nitrogens with zero attached hydrogens (tertiary/aromatic N) is 2. The van der Waals surface area contributed by atoms with E-state index in [9.17, 15) is 0 Å². The predicted molar refractivity (Wildman–Crippen MR) is 97.8 cm³/mol. The fourth-order valence-corrected chi connectivity index (χ4v) is 4.83. The summed E-state index contributed by atoms with van der Waals surface area (Å²) in [6.45, 7) is 0. The Balaban J connectivity index is 1.95.